The molecular weight excluding hydrogens is 406 g/mol. The molecule has 0 amide bonds. The molecule has 0 spiro atoms. The zero-order valence-corrected chi connectivity index (χ0v) is 16.3. The first-order valence-electron chi connectivity index (χ1n) is 9.00. The summed E-state index contributed by atoms with van der Waals surface area (Å²) in [6, 6.07) is 21.1. The molecular formula is C21H15N3O5S. The maximum absolute atomic E-state index is 13.1. The van der Waals surface area contributed by atoms with Gasteiger partial charge >= 0.3 is 0 Å². The van der Waals surface area contributed by atoms with Crippen molar-refractivity contribution in [2.24, 2.45) is 0 Å². The SMILES string of the molecule is O=C(c1ccccc1)[C@@H]1[C@@H](c2ccccc2)N1Sc1ccc([N+](=O)[O-])cc1[N+](=O)[O-]. The summed E-state index contributed by atoms with van der Waals surface area (Å²) < 4.78 is 1.79. The third kappa shape index (κ3) is 3.80. The van der Waals surface area contributed by atoms with Crippen molar-refractivity contribution in [3.8, 4) is 0 Å². The van der Waals surface area contributed by atoms with Gasteiger partial charge in [0, 0.05) is 11.6 Å². The highest BCUT2D eigenvalue weighted by Crippen LogP contribution is 2.53. The molecule has 3 aromatic rings. The normalized spacial score (nSPS) is 19.8. The van der Waals surface area contributed by atoms with Gasteiger partial charge in [0.2, 0.25) is 0 Å². The van der Waals surface area contributed by atoms with E-state index in [0.29, 0.717) is 5.56 Å². The molecule has 9 heteroatoms. The molecule has 0 radical (unpaired) electrons. The molecule has 150 valence electrons. The van der Waals surface area contributed by atoms with Gasteiger partial charge in [0.1, 0.15) is 10.9 Å². The van der Waals surface area contributed by atoms with Crippen LogP contribution in [0.4, 0.5) is 11.4 Å². The van der Waals surface area contributed by atoms with E-state index < -0.39 is 15.9 Å². The summed E-state index contributed by atoms with van der Waals surface area (Å²) in [5.41, 5.74) is 0.765. The number of hydrogen-bond acceptors (Lipinski definition) is 7. The molecule has 0 aromatic heterocycles. The van der Waals surface area contributed by atoms with Crippen LogP contribution < -0.4 is 0 Å². The van der Waals surface area contributed by atoms with Gasteiger partial charge in [-0.15, -0.1) is 0 Å². The van der Waals surface area contributed by atoms with Crippen molar-refractivity contribution in [2.75, 3.05) is 0 Å². The van der Waals surface area contributed by atoms with Gasteiger partial charge in [-0.3, -0.25) is 25.0 Å². The van der Waals surface area contributed by atoms with Crippen LogP contribution in [0.3, 0.4) is 0 Å². The Labute approximate surface area is 175 Å². The molecule has 1 aliphatic rings. The van der Waals surface area contributed by atoms with Crippen LogP contribution in [0.5, 0.6) is 0 Å². The Morgan fingerprint density at radius 3 is 2.10 bits per heavy atom. The van der Waals surface area contributed by atoms with Crippen molar-refractivity contribution in [2.45, 2.75) is 17.0 Å². The second kappa shape index (κ2) is 8.05. The molecule has 3 atom stereocenters. The summed E-state index contributed by atoms with van der Waals surface area (Å²) in [6.45, 7) is 0. The fraction of sp³-hybridized carbons (Fsp3) is 0.0952. The zero-order chi connectivity index (χ0) is 21.3. The number of Topliss-reactive ketones (excluding diaryl/α,β-unsaturated/α-hetero) is 1. The number of non-ortho nitro benzene ring substituents is 1. The summed E-state index contributed by atoms with van der Waals surface area (Å²) in [6.07, 6.45) is 0. The highest BCUT2D eigenvalue weighted by Gasteiger charge is 2.54. The fourth-order valence-corrected chi connectivity index (χ4v) is 4.49. The molecule has 0 aliphatic carbocycles. The topological polar surface area (TPSA) is 106 Å². The molecule has 4 rings (SSSR count). The van der Waals surface area contributed by atoms with Gasteiger partial charge in [0.25, 0.3) is 11.4 Å². The van der Waals surface area contributed by atoms with Crippen molar-refractivity contribution in [3.63, 3.8) is 0 Å². The van der Waals surface area contributed by atoms with Crippen LogP contribution in [0.25, 0.3) is 0 Å². The van der Waals surface area contributed by atoms with Gasteiger partial charge in [-0.05, 0) is 23.6 Å². The van der Waals surface area contributed by atoms with Gasteiger partial charge in [-0.2, -0.15) is 0 Å². The molecule has 30 heavy (non-hydrogen) atoms. The minimum atomic E-state index is -0.673. The quantitative estimate of drug-likeness (QED) is 0.177. The third-order valence-corrected chi connectivity index (χ3v) is 5.99. The predicted octanol–water partition coefficient (Wildman–Crippen LogP) is 4.82. The first-order valence-corrected chi connectivity index (χ1v) is 9.78. The van der Waals surface area contributed by atoms with Gasteiger partial charge < -0.3 is 0 Å². The Morgan fingerprint density at radius 2 is 1.50 bits per heavy atom. The number of ketones is 1. The summed E-state index contributed by atoms with van der Waals surface area (Å²) in [4.78, 5) is 34.4. The van der Waals surface area contributed by atoms with E-state index in [4.69, 9.17) is 0 Å². The van der Waals surface area contributed by atoms with Crippen LogP contribution in [0.15, 0.2) is 83.8 Å². The second-order valence-corrected chi connectivity index (χ2v) is 7.69. The van der Waals surface area contributed by atoms with Crippen LogP contribution in [0.2, 0.25) is 0 Å². The third-order valence-electron chi connectivity index (χ3n) is 4.78. The Kier molecular flexibility index (Phi) is 5.30. The Hall–Kier alpha value is -3.56. The summed E-state index contributed by atoms with van der Waals surface area (Å²) in [5, 5.41) is 22.4. The van der Waals surface area contributed by atoms with Crippen LogP contribution in [0.1, 0.15) is 22.0 Å². The first kappa shape index (κ1) is 19.7. The lowest BCUT2D eigenvalue weighted by atomic mass is 10.0. The van der Waals surface area contributed by atoms with E-state index in [9.17, 15) is 25.0 Å². The lowest BCUT2D eigenvalue weighted by Crippen LogP contribution is -2.10. The maximum atomic E-state index is 13.1. The van der Waals surface area contributed by atoms with E-state index in [1.165, 1.54) is 12.1 Å². The molecule has 0 saturated carbocycles. The molecule has 3 aromatic carbocycles. The molecule has 1 heterocycles. The molecule has 1 unspecified atom stereocenters. The van der Waals surface area contributed by atoms with Crippen molar-refractivity contribution < 1.29 is 14.6 Å². The number of carbonyl (C=O) groups excluding carboxylic acids is 1. The number of carbonyl (C=O) groups is 1. The molecule has 0 bridgehead atoms. The lowest BCUT2D eigenvalue weighted by molar-refractivity contribution is -0.396. The number of benzene rings is 3. The van der Waals surface area contributed by atoms with Crippen molar-refractivity contribution in [1.29, 1.82) is 0 Å². The average Bonchev–Trinajstić information content (AvgIpc) is 3.48. The summed E-state index contributed by atoms with van der Waals surface area (Å²) in [7, 11) is 0. The van der Waals surface area contributed by atoms with E-state index >= 15 is 0 Å². The number of nitro benzene ring substituents is 2. The Balaban J connectivity index is 1.67. The zero-order valence-electron chi connectivity index (χ0n) is 15.5. The van der Waals surface area contributed by atoms with Crippen molar-refractivity contribution in [3.05, 3.63) is 110 Å². The van der Waals surface area contributed by atoms with E-state index in [1.807, 2.05) is 36.4 Å². The molecule has 8 nitrogen and oxygen atoms in total. The van der Waals surface area contributed by atoms with Crippen LogP contribution in [-0.4, -0.2) is 26.0 Å². The van der Waals surface area contributed by atoms with Crippen LogP contribution in [0, 0.1) is 20.2 Å². The second-order valence-electron chi connectivity index (χ2n) is 6.65. The fourth-order valence-electron chi connectivity index (χ4n) is 3.29. The van der Waals surface area contributed by atoms with Crippen molar-refractivity contribution >= 4 is 29.1 Å². The molecule has 1 aliphatic heterocycles. The molecule has 1 saturated heterocycles. The monoisotopic (exact) mass is 421 g/mol. The molecule has 1 fully saturated rings. The maximum Gasteiger partial charge on any atom is 0.291 e. The van der Waals surface area contributed by atoms with Gasteiger partial charge in [0.05, 0.1) is 22.0 Å². The Morgan fingerprint density at radius 1 is 0.867 bits per heavy atom. The Bertz CT molecular complexity index is 1120. The average molecular weight is 421 g/mol. The number of hydrogen-bond donors (Lipinski definition) is 0. The van der Waals surface area contributed by atoms with Crippen molar-refractivity contribution in [1.82, 2.24) is 4.31 Å². The van der Waals surface area contributed by atoms with Crippen LogP contribution >= 0.6 is 11.9 Å². The highest BCUT2D eigenvalue weighted by molar-refractivity contribution is 7.97. The van der Waals surface area contributed by atoms with Gasteiger partial charge in [-0.1, -0.05) is 60.7 Å². The van der Waals surface area contributed by atoms with Crippen LogP contribution in [-0.2, 0) is 0 Å². The van der Waals surface area contributed by atoms with E-state index in [0.717, 1.165) is 23.6 Å². The number of nitro groups is 2. The lowest BCUT2D eigenvalue weighted by Gasteiger charge is -2.05. The number of rotatable bonds is 7. The number of nitrogens with zero attached hydrogens (tertiary/aromatic N) is 3. The van der Waals surface area contributed by atoms with E-state index in [-0.39, 0.29) is 28.1 Å². The van der Waals surface area contributed by atoms with Gasteiger partial charge in [-0.25, -0.2) is 4.31 Å². The van der Waals surface area contributed by atoms with E-state index in [2.05, 4.69) is 0 Å². The van der Waals surface area contributed by atoms with Gasteiger partial charge in [0.15, 0.2) is 5.78 Å². The predicted molar refractivity (Wildman–Crippen MR) is 111 cm³/mol. The van der Waals surface area contributed by atoms with E-state index in [1.54, 1.807) is 28.6 Å². The largest absolute Gasteiger partial charge is 0.292 e. The summed E-state index contributed by atoms with van der Waals surface area (Å²) in [5.74, 6) is -0.0819. The molecule has 0 N–H and O–H groups in total. The summed E-state index contributed by atoms with van der Waals surface area (Å²) >= 11 is 1.07. The highest BCUT2D eigenvalue weighted by atomic mass is 32.2. The minimum Gasteiger partial charge on any atom is -0.292 e. The standard InChI is InChI=1S/C21H15N3O5S/c25-21(15-9-5-2-6-10-15)20-19(14-7-3-1-4-8-14)22(20)30-18-12-11-16(23(26)27)13-17(18)24(28)29/h1-13,19-20H/t19-,20+,22?/m1/s1. The minimum absolute atomic E-state index is 0.0819. The first-order chi connectivity index (χ1) is 14.5. The smallest absolute Gasteiger partial charge is 0.291 e.